The minimum atomic E-state index is -0.372. The summed E-state index contributed by atoms with van der Waals surface area (Å²) in [5.41, 5.74) is 0. The first kappa shape index (κ1) is 13.7. The molecule has 1 atom stereocenters. The number of hydrogen-bond donors (Lipinski definition) is 0. The van der Waals surface area contributed by atoms with Crippen LogP contribution in [-0.4, -0.2) is 30.6 Å². The highest BCUT2D eigenvalue weighted by molar-refractivity contribution is 9.11. The molecule has 1 aromatic rings. The van der Waals surface area contributed by atoms with Crippen LogP contribution in [0.3, 0.4) is 0 Å². The van der Waals surface area contributed by atoms with Crippen molar-refractivity contribution in [1.29, 1.82) is 0 Å². The molecule has 0 fully saturated rings. The molecule has 0 aromatic carbocycles. The Morgan fingerprint density at radius 2 is 2.31 bits per heavy atom. The molecule has 0 aliphatic rings. The van der Waals surface area contributed by atoms with Crippen molar-refractivity contribution < 1.29 is 9.53 Å². The summed E-state index contributed by atoms with van der Waals surface area (Å²) >= 11 is 5.06. The van der Waals surface area contributed by atoms with Gasteiger partial charge in [0.05, 0.1) is 10.3 Å². The molecule has 90 valence electrons. The molecular weight excluding hydrogens is 290 g/mol. The highest BCUT2D eigenvalue weighted by Crippen LogP contribution is 2.23. The fourth-order valence-corrected chi connectivity index (χ4v) is 2.83. The molecule has 0 radical (unpaired) electrons. The summed E-state index contributed by atoms with van der Waals surface area (Å²) in [5, 5.41) is 0. The summed E-state index contributed by atoms with van der Waals surface area (Å²) < 4.78 is 6.13. The topological polar surface area (TPSA) is 29.5 Å². The van der Waals surface area contributed by atoms with Crippen LogP contribution in [0.1, 0.15) is 18.7 Å². The number of carbonyl (C=O) groups excluding carboxylic acids is 1. The lowest BCUT2D eigenvalue weighted by Crippen LogP contribution is -2.37. The maximum Gasteiger partial charge on any atom is 0.251 e. The van der Waals surface area contributed by atoms with Gasteiger partial charge in [0.25, 0.3) is 5.91 Å². The third-order valence-corrected chi connectivity index (χ3v) is 3.98. The number of amides is 1. The fraction of sp³-hybridized carbons (Fsp3) is 0.545. The van der Waals surface area contributed by atoms with Crippen LogP contribution in [0.5, 0.6) is 0 Å². The third kappa shape index (κ3) is 3.57. The first-order chi connectivity index (χ1) is 7.58. The molecule has 0 aliphatic heterocycles. The molecule has 1 heterocycles. The second-order valence-electron chi connectivity index (χ2n) is 3.44. The van der Waals surface area contributed by atoms with Crippen LogP contribution >= 0.6 is 27.3 Å². The van der Waals surface area contributed by atoms with Crippen molar-refractivity contribution in [3.05, 3.63) is 20.8 Å². The van der Waals surface area contributed by atoms with Gasteiger partial charge in [0.1, 0.15) is 6.10 Å². The van der Waals surface area contributed by atoms with Crippen molar-refractivity contribution >= 4 is 33.2 Å². The molecule has 0 saturated carbocycles. The first-order valence-corrected chi connectivity index (χ1v) is 6.75. The van der Waals surface area contributed by atoms with Gasteiger partial charge in [-0.1, -0.05) is 0 Å². The van der Waals surface area contributed by atoms with Crippen molar-refractivity contribution in [1.82, 2.24) is 4.90 Å². The van der Waals surface area contributed by atoms with Crippen LogP contribution in [0.4, 0.5) is 0 Å². The summed E-state index contributed by atoms with van der Waals surface area (Å²) in [5.74, 6) is 0.0366. The largest absolute Gasteiger partial charge is 0.372 e. The smallest absolute Gasteiger partial charge is 0.251 e. The molecule has 3 nitrogen and oxygen atoms in total. The lowest BCUT2D eigenvalue weighted by molar-refractivity contribution is -0.141. The second-order valence-corrected chi connectivity index (χ2v) is 5.98. The number of thiophene rings is 1. The number of carbonyl (C=O) groups is 1. The molecule has 1 rings (SSSR count). The van der Waals surface area contributed by atoms with Crippen molar-refractivity contribution in [2.45, 2.75) is 26.5 Å². The van der Waals surface area contributed by atoms with Gasteiger partial charge in [-0.2, -0.15) is 0 Å². The number of ether oxygens (including phenoxy) is 1. The fourth-order valence-electron chi connectivity index (χ4n) is 1.33. The van der Waals surface area contributed by atoms with Crippen molar-refractivity contribution in [2.75, 3.05) is 13.7 Å². The first-order valence-electron chi connectivity index (χ1n) is 5.14. The van der Waals surface area contributed by atoms with E-state index in [9.17, 15) is 4.79 Å². The Morgan fingerprint density at radius 3 is 2.75 bits per heavy atom. The van der Waals surface area contributed by atoms with Gasteiger partial charge in [0.2, 0.25) is 0 Å². The highest BCUT2D eigenvalue weighted by Gasteiger charge is 2.19. The number of rotatable bonds is 5. The minimum absolute atomic E-state index is 0.0366. The van der Waals surface area contributed by atoms with Gasteiger partial charge in [0.15, 0.2) is 0 Å². The lowest BCUT2D eigenvalue weighted by atomic mass is 10.3. The Labute approximate surface area is 109 Å². The maximum absolute atomic E-state index is 11.9. The van der Waals surface area contributed by atoms with Crippen molar-refractivity contribution in [2.24, 2.45) is 0 Å². The average molecular weight is 306 g/mol. The molecule has 0 spiro atoms. The Balaban J connectivity index is 2.65. The predicted octanol–water partition coefficient (Wildman–Crippen LogP) is 2.89. The molecule has 1 amide bonds. The molecule has 5 heteroatoms. The standard InChI is InChI=1S/C11H16BrNO2S/c1-4-13(11(14)8(2)15-3)7-9-5-6-10(12)16-9/h5-6,8H,4,7H2,1-3H3. The molecule has 0 bridgehead atoms. The van der Waals surface area contributed by atoms with Gasteiger partial charge in [-0.3, -0.25) is 4.79 Å². The van der Waals surface area contributed by atoms with Crippen LogP contribution in [0.2, 0.25) is 0 Å². The highest BCUT2D eigenvalue weighted by atomic mass is 79.9. The van der Waals surface area contributed by atoms with Crippen LogP contribution < -0.4 is 0 Å². The molecule has 16 heavy (non-hydrogen) atoms. The molecule has 1 aromatic heterocycles. The Hall–Kier alpha value is -0.390. The average Bonchev–Trinajstić information content (AvgIpc) is 2.69. The van der Waals surface area contributed by atoms with E-state index >= 15 is 0 Å². The summed E-state index contributed by atoms with van der Waals surface area (Å²) in [4.78, 5) is 14.9. The minimum Gasteiger partial charge on any atom is -0.372 e. The normalized spacial score (nSPS) is 12.5. The van der Waals surface area contributed by atoms with Gasteiger partial charge < -0.3 is 9.64 Å². The monoisotopic (exact) mass is 305 g/mol. The Morgan fingerprint density at radius 1 is 1.62 bits per heavy atom. The predicted molar refractivity (Wildman–Crippen MR) is 69.6 cm³/mol. The van der Waals surface area contributed by atoms with E-state index in [1.54, 1.807) is 30.3 Å². The number of likely N-dealkylation sites (N-methyl/N-ethyl adjacent to an activating group) is 1. The Kier molecular flexibility index (Phi) is 5.44. The number of hydrogen-bond acceptors (Lipinski definition) is 3. The van der Waals surface area contributed by atoms with Crippen molar-refractivity contribution in [3.8, 4) is 0 Å². The summed E-state index contributed by atoms with van der Waals surface area (Å²) in [6.07, 6.45) is -0.372. The second kappa shape index (κ2) is 6.37. The summed E-state index contributed by atoms with van der Waals surface area (Å²) in [6, 6.07) is 4.03. The zero-order valence-corrected chi connectivity index (χ0v) is 12.1. The van der Waals surface area contributed by atoms with Gasteiger partial charge >= 0.3 is 0 Å². The van der Waals surface area contributed by atoms with Gasteiger partial charge in [-0.15, -0.1) is 11.3 Å². The molecule has 0 saturated heterocycles. The van der Waals surface area contributed by atoms with E-state index in [2.05, 4.69) is 15.9 Å². The van der Waals surface area contributed by atoms with E-state index in [4.69, 9.17) is 4.74 Å². The molecular formula is C11H16BrNO2S. The molecule has 0 aliphatic carbocycles. The quantitative estimate of drug-likeness (QED) is 0.837. The summed E-state index contributed by atoms with van der Waals surface area (Å²) in [7, 11) is 1.55. The zero-order valence-electron chi connectivity index (χ0n) is 9.70. The Bertz CT molecular complexity index is 354. The SMILES string of the molecule is CCN(Cc1ccc(Br)s1)C(=O)C(C)OC. The van der Waals surface area contributed by atoms with Crippen LogP contribution in [0.25, 0.3) is 0 Å². The van der Waals surface area contributed by atoms with E-state index in [0.717, 1.165) is 3.79 Å². The number of methoxy groups -OCH3 is 1. The number of nitrogens with zero attached hydrogens (tertiary/aromatic N) is 1. The van der Waals surface area contributed by atoms with E-state index in [1.165, 1.54) is 4.88 Å². The lowest BCUT2D eigenvalue weighted by Gasteiger charge is -2.23. The maximum atomic E-state index is 11.9. The third-order valence-electron chi connectivity index (χ3n) is 2.37. The molecule has 1 unspecified atom stereocenters. The van der Waals surface area contributed by atoms with Gasteiger partial charge in [0, 0.05) is 18.5 Å². The number of halogens is 1. The summed E-state index contributed by atoms with van der Waals surface area (Å²) in [6.45, 7) is 5.10. The van der Waals surface area contributed by atoms with E-state index in [0.29, 0.717) is 13.1 Å². The van der Waals surface area contributed by atoms with E-state index in [1.807, 2.05) is 19.1 Å². The van der Waals surface area contributed by atoms with E-state index < -0.39 is 0 Å². The van der Waals surface area contributed by atoms with Crippen LogP contribution in [-0.2, 0) is 16.1 Å². The van der Waals surface area contributed by atoms with Gasteiger partial charge in [-0.05, 0) is 41.9 Å². The van der Waals surface area contributed by atoms with Crippen molar-refractivity contribution in [3.63, 3.8) is 0 Å². The van der Waals surface area contributed by atoms with Crippen LogP contribution in [0.15, 0.2) is 15.9 Å². The molecule has 0 N–H and O–H groups in total. The van der Waals surface area contributed by atoms with Gasteiger partial charge in [-0.25, -0.2) is 0 Å². The van der Waals surface area contributed by atoms with E-state index in [-0.39, 0.29) is 12.0 Å². The zero-order chi connectivity index (χ0) is 12.1. The van der Waals surface area contributed by atoms with Crippen LogP contribution in [0, 0.1) is 0 Å².